The minimum Gasteiger partial charge on any atom is -0.508 e. The summed E-state index contributed by atoms with van der Waals surface area (Å²) in [6.07, 6.45) is 2.49. The lowest BCUT2D eigenvalue weighted by molar-refractivity contribution is 0.469. The first-order valence-corrected chi connectivity index (χ1v) is 5.40. The van der Waals surface area contributed by atoms with Gasteiger partial charge < -0.3 is 5.11 Å². The molecule has 0 radical (unpaired) electrons. The molecular formula is C13H11N3O. The molecule has 3 aromatic rings. The number of phenolic OH excluding ortho intramolecular Hbond substituents is 1. The highest BCUT2D eigenvalue weighted by Gasteiger charge is 2.07. The molecule has 0 saturated carbocycles. The molecule has 4 nitrogen and oxygen atoms in total. The molecule has 0 bridgehead atoms. The van der Waals surface area contributed by atoms with E-state index in [4.69, 9.17) is 0 Å². The van der Waals surface area contributed by atoms with E-state index >= 15 is 0 Å². The van der Waals surface area contributed by atoms with Crippen LogP contribution in [0, 0.1) is 0 Å². The number of aromatic hydroxyl groups is 1. The maximum Gasteiger partial charge on any atom is 0.160 e. The molecule has 1 N–H and O–H groups in total. The molecular weight excluding hydrogens is 214 g/mol. The number of rotatable bonds is 2. The molecule has 2 heterocycles. The van der Waals surface area contributed by atoms with Gasteiger partial charge in [-0.15, -0.1) is 10.2 Å². The number of benzene rings is 1. The van der Waals surface area contributed by atoms with Crippen molar-refractivity contribution in [2.75, 3.05) is 0 Å². The van der Waals surface area contributed by atoms with Crippen LogP contribution < -0.4 is 0 Å². The molecule has 84 valence electrons. The summed E-state index contributed by atoms with van der Waals surface area (Å²) < 4.78 is 1.92. The molecule has 3 rings (SSSR count). The number of phenols is 1. The fraction of sp³-hybridized carbons (Fsp3) is 0.0769. The highest BCUT2D eigenvalue weighted by Crippen LogP contribution is 2.19. The van der Waals surface area contributed by atoms with Gasteiger partial charge in [0, 0.05) is 18.2 Å². The van der Waals surface area contributed by atoms with Gasteiger partial charge in [0.25, 0.3) is 0 Å². The maximum absolute atomic E-state index is 9.72. The van der Waals surface area contributed by atoms with Crippen LogP contribution in [0.25, 0.3) is 5.65 Å². The number of pyridine rings is 1. The van der Waals surface area contributed by atoms with Gasteiger partial charge in [-0.3, -0.25) is 4.40 Å². The minimum absolute atomic E-state index is 0.292. The van der Waals surface area contributed by atoms with Crippen LogP contribution in [0.4, 0.5) is 0 Å². The van der Waals surface area contributed by atoms with Crippen molar-refractivity contribution in [3.05, 3.63) is 60.0 Å². The van der Waals surface area contributed by atoms with Crippen LogP contribution in [0.3, 0.4) is 0 Å². The van der Waals surface area contributed by atoms with E-state index in [2.05, 4.69) is 10.2 Å². The number of hydrogen-bond acceptors (Lipinski definition) is 3. The van der Waals surface area contributed by atoms with Crippen LogP contribution in [0.15, 0.2) is 48.7 Å². The Hall–Kier alpha value is -2.36. The third-order valence-electron chi connectivity index (χ3n) is 2.72. The Balaban J connectivity index is 2.03. The summed E-state index contributed by atoms with van der Waals surface area (Å²) in [6.45, 7) is 0. The zero-order valence-electron chi connectivity index (χ0n) is 9.11. The number of fused-ring (bicyclic) bond motifs is 1. The van der Waals surface area contributed by atoms with Gasteiger partial charge in [-0.25, -0.2) is 0 Å². The second-order valence-electron chi connectivity index (χ2n) is 3.85. The van der Waals surface area contributed by atoms with E-state index in [0.29, 0.717) is 12.2 Å². The summed E-state index contributed by atoms with van der Waals surface area (Å²) in [4.78, 5) is 0. The predicted octanol–water partition coefficient (Wildman–Crippen LogP) is 2.03. The first-order valence-electron chi connectivity index (χ1n) is 5.40. The van der Waals surface area contributed by atoms with Crippen molar-refractivity contribution in [2.24, 2.45) is 0 Å². The standard InChI is InChI=1S/C13H11N3O/c17-11-6-2-1-5-10(11)9-13-15-14-12-7-3-4-8-16(12)13/h1-8,17H,9H2. The average Bonchev–Trinajstić information content (AvgIpc) is 2.76. The molecule has 0 unspecified atom stereocenters. The zero-order chi connectivity index (χ0) is 11.7. The van der Waals surface area contributed by atoms with Crippen LogP contribution in [-0.4, -0.2) is 19.7 Å². The highest BCUT2D eigenvalue weighted by molar-refractivity contribution is 5.39. The molecule has 0 atom stereocenters. The second-order valence-corrected chi connectivity index (χ2v) is 3.85. The monoisotopic (exact) mass is 225 g/mol. The van der Waals surface area contributed by atoms with Crippen molar-refractivity contribution in [3.63, 3.8) is 0 Å². The number of nitrogens with zero attached hydrogens (tertiary/aromatic N) is 3. The third-order valence-corrected chi connectivity index (χ3v) is 2.72. The lowest BCUT2D eigenvalue weighted by Gasteiger charge is -2.02. The van der Waals surface area contributed by atoms with E-state index in [9.17, 15) is 5.11 Å². The number of hydrogen-bond donors (Lipinski definition) is 1. The van der Waals surface area contributed by atoms with Gasteiger partial charge in [0.1, 0.15) is 11.6 Å². The molecule has 0 aliphatic heterocycles. The van der Waals surface area contributed by atoms with Crippen LogP contribution in [-0.2, 0) is 6.42 Å². The SMILES string of the molecule is Oc1ccccc1Cc1nnc2ccccn12. The molecule has 2 aromatic heterocycles. The molecule has 0 spiro atoms. The van der Waals surface area contributed by atoms with Gasteiger partial charge in [0.15, 0.2) is 5.65 Å². The quantitative estimate of drug-likeness (QED) is 0.726. The summed E-state index contributed by atoms with van der Waals surface area (Å²) in [5, 5.41) is 17.9. The third kappa shape index (κ3) is 1.73. The first kappa shape index (κ1) is 9.84. The first-order chi connectivity index (χ1) is 8.34. The Morgan fingerprint density at radius 2 is 1.82 bits per heavy atom. The van der Waals surface area contributed by atoms with Crippen LogP contribution >= 0.6 is 0 Å². The van der Waals surface area contributed by atoms with Crippen LogP contribution in [0.5, 0.6) is 5.75 Å². The molecule has 0 amide bonds. The Labute approximate surface area is 98.2 Å². The summed E-state index contributed by atoms with van der Waals surface area (Å²) in [5.74, 6) is 1.11. The van der Waals surface area contributed by atoms with Gasteiger partial charge in [-0.1, -0.05) is 24.3 Å². The molecule has 0 aliphatic rings. The smallest absolute Gasteiger partial charge is 0.160 e. The molecule has 17 heavy (non-hydrogen) atoms. The molecule has 4 heteroatoms. The molecule has 0 fully saturated rings. The molecule has 0 aliphatic carbocycles. The Morgan fingerprint density at radius 1 is 1.00 bits per heavy atom. The summed E-state index contributed by atoms with van der Waals surface area (Å²) >= 11 is 0. The van der Waals surface area contributed by atoms with Crippen LogP contribution in [0.2, 0.25) is 0 Å². The maximum atomic E-state index is 9.72. The van der Waals surface area contributed by atoms with E-state index in [1.54, 1.807) is 12.1 Å². The zero-order valence-corrected chi connectivity index (χ0v) is 9.11. The van der Waals surface area contributed by atoms with Crippen molar-refractivity contribution in [1.82, 2.24) is 14.6 Å². The number of aromatic nitrogens is 3. The van der Waals surface area contributed by atoms with Crippen molar-refractivity contribution >= 4 is 5.65 Å². The average molecular weight is 225 g/mol. The highest BCUT2D eigenvalue weighted by atomic mass is 16.3. The van der Waals surface area contributed by atoms with Gasteiger partial charge in [-0.2, -0.15) is 0 Å². The number of para-hydroxylation sites is 1. The Bertz CT molecular complexity index is 660. The topological polar surface area (TPSA) is 50.4 Å². The van der Waals surface area contributed by atoms with Crippen molar-refractivity contribution in [2.45, 2.75) is 6.42 Å². The van der Waals surface area contributed by atoms with E-state index < -0.39 is 0 Å². The summed E-state index contributed by atoms with van der Waals surface area (Å²) in [6, 6.07) is 13.0. The second kappa shape index (κ2) is 3.90. The molecule has 1 aromatic carbocycles. The van der Waals surface area contributed by atoms with Gasteiger partial charge >= 0.3 is 0 Å². The van der Waals surface area contributed by atoms with Gasteiger partial charge in [-0.05, 0) is 18.2 Å². The van der Waals surface area contributed by atoms with E-state index in [1.165, 1.54) is 0 Å². The van der Waals surface area contributed by atoms with E-state index in [-0.39, 0.29) is 0 Å². The lowest BCUT2D eigenvalue weighted by Crippen LogP contribution is -1.96. The van der Waals surface area contributed by atoms with Crippen LogP contribution in [0.1, 0.15) is 11.4 Å². The van der Waals surface area contributed by atoms with E-state index in [1.807, 2.05) is 40.9 Å². The predicted molar refractivity (Wildman–Crippen MR) is 63.9 cm³/mol. The van der Waals surface area contributed by atoms with E-state index in [0.717, 1.165) is 17.0 Å². The largest absolute Gasteiger partial charge is 0.508 e. The Kier molecular flexibility index (Phi) is 2.26. The fourth-order valence-electron chi connectivity index (χ4n) is 1.84. The molecule has 0 saturated heterocycles. The normalized spacial score (nSPS) is 10.8. The summed E-state index contributed by atoms with van der Waals surface area (Å²) in [7, 11) is 0. The minimum atomic E-state index is 0.292. The van der Waals surface area contributed by atoms with Gasteiger partial charge in [0.05, 0.1) is 0 Å². The van der Waals surface area contributed by atoms with Crippen molar-refractivity contribution < 1.29 is 5.11 Å². The Morgan fingerprint density at radius 3 is 2.71 bits per heavy atom. The fourth-order valence-corrected chi connectivity index (χ4v) is 1.84. The van der Waals surface area contributed by atoms with Gasteiger partial charge in [0.2, 0.25) is 0 Å². The summed E-state index contributed by atoms with van der Waals surface area (Å²) in [5.41, 5.74) is 1.67. The lowest BCUT2D eigenvalue weighted by atomic mass is 10.1. The van der Waals surface area contributed by atoms with Crippen molar-refractivity contribution in [3.8, 4) is 5.75 Å². The van der Waals surface area contributed by atoms with Crippen molar-refractivity contribution in [1.29, 1.82) is 0 Å².